The van der Waals surface area contributed by atoms with Gasteiger partial charge in [0, 0.05) is 45.1 Å². The van der Waals surface area contributed by atoms with E-state index in [4.69, 9.17) is 26.7 Å². The number of aliphatic imine (C=N–C) groups is 1. The number of aliphatic hydroxyl groups is 4. The first kappa shape index (κ1) is 79.8. The summed E-state index contributed by atoms with van der Waals surface area (Å²) in [5.41, 5.74) is 15.0. The standard InChI is InChI=1S/C47H65F13N14O18/c48-42(49,43(50,51)44(52,53)45(54,55)46(56,57)47(58,59)60)10-8-29(79)70-25(35(86)64-12-4-7-28(78)72-27-9-14-74(40(89)73-27)38-33(84)32(83)26(19-77)92-38)20-91-41(90)66-11-2-1-5-21(17-75)68-37(88)24(18-76)71-36(87)23(15-31(81)82)69-30(80)16-67-34(85)22(61)6-3-13-65-39(62)63/h9,14,17,21-26,32-33,38,76-77,83-84H,1-8,10-13,15-16,18-20,61H2,(H,64,86)(H,66,90)(H,67,85)(H,68,88)(H,69,80)(H,70,79)(H,71,87)(H,81,82)(H4,62,63,65)(H,72,73,78,89). The normalized spacial score (nSPS) is 17.9. The summed E-state index contributed by atoms with van der Waals surface area (Å²) in [5.74, 6) is -50.1. The van der Waals surface area contributed by atoms with Gasteiger partial charge in [-0.1, -0.05) is 0 Å². The van der Waals surface area contributed by atoms with Gasteiger partial charge in [0.15, 0.2) is 12.2 Å². The molecule has 0 aromatic carbocycles. The van der Waals surface area contributed by atoms with E-state index in [9.17, 15) is 135 Å². The number of alkyl halides is 13. The SMILES string of the molecule is NC(N)=NCCCC(N)C(=O)NCC(=O)NC(CC(=O)O)C(=O)NC(CO)C(=O)NC(C=O)CCCCNC(=O)OCC(NC(=O)CCC(F)(F)C(F)(F)C(F)(F)C(F)(F)C(F)(F)C(F)(F)F)C(=O)NCCCC(=O)Nc1ccn(C2OC(CO)C(O)C2O)c(=O)n1. The van der Waals surface area contributed by atoms with Crippen LogP contribution in [0.1, 0.15) is 70.4 Å². The molecular formula is C47H65F13N14O18. The molecule has 2 rings (SSSR count). The lowest BCUT2D eigenvalue weighted by Gasteiger charge is -2.39. The number of carbonyl (C=O) groups is 10. The minimum absolute atomic E-state index is 0.0763. The topological polar surface area (TPSA) is 512 Å². The number of aliphatic hydroxyl groups excluding tert-OH is 4. The molecule has 9 atom stereocenters. The smallest absolute Gasteiger partial charge is 0.460 e. The van der Waals surface area contributed by atoms with E-state index < -0.39 is 221 Å². The van der Waals surface area contributed by atoms with E-state index in [1.165, 1.54) is 5.32 Å². The van der Waals surface area contributed by atoms with Crippen LogP contribution in [-0.2, 0) is 52.6 Å². The van der Waals surface area contributed by atoms with Gasteiger partial charge in [-0.15, -0.1) is 0 Å². The molecule has 0 aliphatic carbocycles. The van der Waals surface area contributed by atoms with Gasteiger partial charge < -0.3 is 99.5 Å². The molecule has 8 amide bonds. The number of anilines is 1. The van der Waals surface area contributed by atoms with E-state index in [1.807, 2.05) is 16.0 Å². The van der Waals surface area contributed by atoms with E-state index in [2.05, 4.69) is 31.2 Å². The maximum Gasteiger partial charge on any atom is 0.460 e. The van der Waals surface area contributed by atoms with Gasteiger partial charge in [-0.2, -0.15) is 62.1 Å². The number of nitrogens with zero attached hydrogens (tertiary/aromatic N) is 3. The van der Waals surface area contributed by atoms with Gasteiger partial charge in [0.1, 0.15) is 55.1 Å². The van der Waals surface area contributed by atoms with Crippen molar-refractivity contribution in [2.45, 2.75) is 155 Å². The number of nitrogens with two attached hydrogens (primary N) is 3. The van der Waals surface area contributed by atoms with E-state index in [-0.39, 0.29) is 57.3 Å². The van der Waals surface area contributed by atoms with E-state index in [0.29, 0.717) is 4.57 Å². The molecule has 0 spiro atoms. The minimum atomic E-state index is -8.24. The summed E-state index contributed by atoms with van der Waals surface area (Å²) in [6, 6.07) is -7.61. The Balaban J connectivity index is 2.09. The first-order valence-electron chi connectivity index (χ1n) is 26.8. The number of carbonyl (C=O) groups excluding carboxylic acids is 9. The van der Waals surface area contributed by atoms with Crippen molar-refractivity contribution < 1.29 is 140 Å². The van der Waals surface area contributed by atoms with Crippen LogP contribution in [0.4, 0.5) is 67.7 Å². The fourth-order valence-corrected chi connectivity index (χ4v) is 7.65. The van der Waals surface area contributed by atoms with Crippen molar-refractivity contribution in [3.05, 3.63) is 22.7 Å². The number of hydrogen-bond acceptors (Lipinski definition) is 20. The van der Waals surface area contributed by atoms with Crippen molar-refractivity contribution in [1.82, 2.24) is 46.8 Å². The summed E-state index contributed by atoms with van der Waals surface area (Å²) in [7, 11) is 0. The fourth-order valence-electron chi connectivity index (χ4n) is 7.65. The molecule has 2 heterocycles. The number of carboxylic acids is 1. The van der Waals surface area contributed by atoms with Crippen LogP contribution in [0.2, 0.25) is 0 Å². The van der Waals surface area contributed by atoms with Gasteiger partial charge in [-0.05, 0) is 44.6 Å². The second kappa shape index (κ2) is 34.9. The van der Waals surface area contributed by atoms with Gasteiger partial charge in [-0.3, -0.25) is 47.9 Å². The van der Waals surface area contributed by atoms with Crippen LogP contribution in [0.15, 0.2) is 22.1 Å². The number of rotatable bonds is 39. The molecule has 522 valence electrons. The summed E-state index contributed by atoms with van der Waals surface area (Å²) in [5, 5.41) is 64.8. The van der Waals surface area contributed by atoms with Crippen LogP contribution < -0.4 is 65.4 Å². The van der Waals surface area contributed by atoms with Crippen LogP contribution >= 0.6 is 0 Å². The van der Waals surface area contributed by atoms with Crippen LogP contribution in [0.3, 0.4) is 0 Å². The number of amides is 8. The molecule has 0 bridgehead atoms. The number of ether oxygens (including phenoxy) is 2. The lowest BCUT2D eigenvalue weighted by molar-refractivity contribution is -0.440. The zero-order valence-electron chi connectivity index (χ0n) is 47.5. The molecular weight excluding hydrogens is 1300 g/mol. The zero-order chi connectivity index (χ0) is 70.3. The quantitative estimate of drug-likeness (QED) is 0.00988. The first-order valence-corrected chi connectivity index (χ1v) is 26.8. The summed E-state index contributed by atoms with van der Waals surface area (Å²) >= 11 is 0. The Hall–Kier alpha value is -8.30. The molecule has 32 nitrogen and oxygen atoms in total. The van der Waals surface area contributed by atoms with Crippen molar-refractivity contribution in [3.8, 4) is 0 Å². The highest BCUT2D eigenvalue weighted by Gasteiger charge is 2.90. The minimum Gasteiger partial charge on any atom is -0.481 e. The van der Waals surface area contributed by atoms with Crippen molar-refractivity contribution in [3.63, 3.8) is 0 Å². The Morgan fingerprint density at radius 1 is 0.707 bits per heavy atom. The number of guanidine groups is 1. The number of nitrogens with one attached hydrogen (secondary N) is 8. The average Bonchev–Trinajstić information content (AvgIpc) is 0.834. The number of halogens is 13. The zero-order valence-corrected chi connectivity index (χ0v) is 47.5. The van der Waals surface area contributed by atoms with E-state index in [1.54, 1.807) is 0 Å². The van der Waals surface area contributed by atoms with Crippen LogP contribution in [0, 0.1) is 0 Å². The highest BCUT2D eigenvalue weighted by atomic mass is 19.4. The van der Waals surface area contributed by atoms with Gasteiger partial charge >= 0.3 is 53.5 Å². The molecule has 1 aromatic rings. The molecule has 1 aromatic heterocycles. The summed E-state index contributed by atoms with van der Waals surface area (Å²) in [6.07, 6.45) is -21.4. The lowest BCUT2D eigenvalue weighted by atomic mass is 9.92. The van der Waals surface area contributed by atoms with Crippen molar-refractivity contribution in [2.24, 2.45) is 22.2 Å². The Kier molecular flexibility index (Phi) is 30.3. The monoisotopic (exact) mass is 1360 g/mol. The highest BCUT2D eigenvalue weighted by molar-refractivity contribution is 5.96. The number of aromatic nitrogens is 2. The average molecular weight is 1360 g/mol. The maximum absolute atomic E-state index is 14.5. The number of alkyl carbamates (subject to hydrolysis) is 1. The summed E-state index contributed by atoms with van der Waals surface area (Å²) in [6.45, 7) is -4.95. The van der Waals surface area contributed by atoms with Gasteiger partial charge in [-0.25, -0.2) is 9.59 Å². The third-order valence-electron chi connectivity index (χ3n) is 12.7. The Labute approximate surface area is 508 Å². The molecule has 1 saturated heterocycles. The molecule has 19 N–H and O–H groups in total. The van der Waals surface area contributed by atoms with Gasteiger partial charge in [0.25, 0.3) is 0 Å². The Morgan fingerprint density at radius 3 is 1.88 bits per heavy atom. The summed E-state index contributed by atoms with van der Waals surface area (Å²) < 4.78 is 188. The molecule has 1 aliphatic rings. The number of aldehydes is 1. The van der Waals surface area contributed by atoms with E-state index in [0.717, 1.165) is 12.3 Å². The molecule has 0 saturated carbocycles. The molecule has 1 fully saturated rings. The second-order valence-electron chi connectivity index (χ2n) is 19.8. The number of hydrogen-bond donors (Lipinski definition) is 16. The van der Waals surface area contributed by atoms with Gasteiger partial charge in [0.05, 0.1) is 38.3 Å². The lowest BCUT2D eigenvalue weighted by Crippen LogP contribution is -2.70. The van der Waals surface area contributed by atoms with Crippen LogP contribution in [0.25, 0.3) is 0 Å². The second-order valence-corrected chi connectivity index (χ2v) is 19.8. The predicted octanol–water partition coefficient (Wildman–Crippen LogP) is -3.79. The van der Waals surface area contributed by atoms with Crippen LogP contribution in [0.5, 0.6) is 0 Å². The third kappa shape index (κ3) is 22.5. The number of aliphatic carboxylic acids is 1. The molecule has 1 aliphatic heterocycles. The maximum atomic E-state index is 14.5. The Morgan fingerprint density at radius 2 is 1.32 bits per heavy atom. The largest absolute Gasteiger partial charge is 0.481 e. The highest BCUT2D eigenvalue weighted by Crippen LogP contribution is 2.60. The third-order valence-corrected chi connectivity index (χ3v) is 12.7. The molecule has 0 radical (unpaired) electrons. The summed E-state index contributed by atoms with van der Waals surface area (Å²) in [4.78, 5) is 145. The van der Waals surface area contributed by atoms with Gasteiger partial charge in [0.2, 0.25) is 41.4 Å². The molecule has 92 heavy (non-hydrogen) atoms. The number of carboxylic acid groups (broad SMARTS) is 1. The van der Waals surface area contributed by atoms with Crippen molar-refractivity contribution in [1.29, 1.82) is 0 Å². The molecule has 45 heteroatoms. The van der Waals surface area contributed by atoms with E-state index >= 15 is 0 Å². The van der Waals surface area contributed by atoms with Crippen molar-refractivity contribution >= 4 is 71.5 Å². The first-order chi connectivity index (χ1) is 42.5. The van der Waals surface area contributed by atoms with Crippen molar-refractivity contribution in [2.75, 3.05) is 51.3 Å². The molecule has 9 unspecified atom stereocenters. The Bertz CT molecular complexity index is 2820. The fraction of sp³-hybridized carbons (Fsp3) is 0.681. The van der Waals surface area contributed by atoms with Crippen LogP contribution in [-0.4, -0.2) is 231 Å². The number of unbranched alkanes of at least 4 members (excludes halogenated alkanes) is 1. The predicted molar refractivity (Wildman–Crippen MR) is 280 cm³/mol.